The number of urea groups is 1. The quantitative estimate of drug-likeness (QED) is 0.686. The number of imide groups is 1. The van der Waals surface area contributed by atoms with Gasteiger partial charge in [0.2, 0.25) is 5.91 Å². The molecule has 8 heteroatoms. The molecular formula is C12H19N3O5. The molecule has 1 rings (SSSR count). The number of nitrogens with zero attached hydrogens (tertiary/aromatic N) is 2. The lowest BCUT2D eigenvalue weighted by atomic mass is 10.0. The molecule has 0 saturated carbocycles. The molecule has 0 radical (unpaired) electrons. The van der Waals surface area contributed by atoms with Gasteiger partial charge in [-0.2, -0.15) is 0 Å². The Bertz CT molecular complexity index is 437. The van der Waals surface area contributed by atoms with Crippen LogP contribution in [-0.4, -0.2) is 64.9 Å². The van der Waals surface area contributed by atoms with Crippen LogP contribution in [-0.2, 0) is 14.4 Å². The van der Waals surface area contributed by atoms with Crippen LogP contribution in [0.3, 0.4) is 0 Å². The molecule has 112 valence electrons. The second-order valence-corrected chi connectivity index (χ2v) is 4.70. The number of carbonyl (C=O) groups is 4. The van der Waals surface area contributed by atoms with Gasteiger partial charge < -0.3 is 15.3 Å². The highest BCUT2D eigenvalue weighted by Crippen LogP contribution is 2.12. The van der Waals surface area contributed by atoms with Crippen molar-refractivity contribution in [2.75, 3.05) is 14.1 Å². The molecule has 2 atom stereocenters. The lowest BCUT2D eigenvalue weighted by Crippen LogP contribution is -2.56. The third-order valence-electron chi connectivity index (χ3n) is 3.41. The average molecular weight is 285 g/mol. The summed E-state index contributed by atoms with van der Waals surface area (Å²) in [5.74, 6) is -1.87. The highest BCUT2D eigenvalue weighted by atomic mass is 16.4. The Morgan fingerprint density at radius 1 is 1.50 bits per heavy atom. The summed E-state index contributed by atoms with van der Waals surface area (Å²) in [6.07, 6.45) is 0.661. The average Bonchev–Trinajstić information content (AvgIpc) is 2.39. The Morgan fingerprint density at radius 2 is 2.10 bits per heavy atom. The number of carbonyl (C=O) groups excluding carboxylic acids is 3. The number of piperidine rings is 1. The van der Waals surface area contributed by atoms with Crippen molar-refractivity contribution in [3.05, 3.63) is 0 Å². The van der Waals surface area contributed by atoms with E-state index in [1.807, 2.05) is 0 Å². The molecule has 0 aliphatic carbocycles. The topological polar surface area (TPSA) is 107 Å². The van der Waals surface area contributed by atoms with Gasteiger partial charge in [-0.1, -0.05) is 6.92 Å². The molecule has 1 aliphatic heterocycles. The van der Waals surface area contributed by atoms with Crippen LogP contribution in [0.25, 0.3) is 0 Å². The normalized spacial score (nSPS) is 20.6. The summed E-state index contributed by atoms with van der Waals surface area (Å²) in [6, 6.07) is -2.38. The second-order valence-electron chi connectivity index (χ2n) is 4.70. The first-order chi connectivity index (χ1) is 9.29. The zero-order valence-corrected chi connectivity index (χ0v) is 11.8. The molecule has 4 amide bonds. The van der Waals surface area contributed by atoms with Gasteiger partial charge in [-0.05, 0) is 12.8 Å². The van der Waals surface area contributed by atoms with Crippen molar-refractivity contribution < 1.29 is 24.3 Å². The fraction of sp³-hybridized carbons (Fsp3) is 0.667. The van der Waals surface area contributed by atoms with Crippen LogP contribution in [0.15, 0.2) is 0 Å². The lowest BCUT2D eigenvalue weighted by Gasteiger charge is -2.31. The predicted octanol–water partition coefficient (Wildman–Crippen LogP) is -0.362. The van der Waals surface area contributed by atoms with Gasteiger partial charge in [-0.25, -0.2) is 9.59 Å². The van der Waals surface area contributed by atoms with Crippen molar-refractivity contribution in [3.8, 4) is 0 Å². The van der Waals surface area contributed by atoms with Gasteiger partial charge in [-0.3, -0.25) is 14.5 Å². The largest absolute Gasteiger partial charge is 0.480 e. The molecule has 0 aromatic carbocycles. The van der Waals surface area contributed by atoms with Crippen molar-refractivity contribution in [3.63, 3.8) is 0 Å². The number of carboxylic acids is 1. The van der Waals surface area contributed by atoms with Crippen LogP contribution in [0.4, 0.5) is 4.79 Å². The number of amides is 4. The molecule has 1 aliphatic rings. The Morgan fingerprint density at radius 3 is 2.60 bits per heavy atom. The van der Waals surface area contributed by atoms with Gasteiger partial charge in [0.1, 0.15) is 12.1 Å². The van der Waals surface area contributed by atoms with Crippen molar-refractivity contribution in [2.45, 2.75) is 38.3 Å². The third kappa shape index (κ3) is 3.25. The zero-order chi connectivity index (χ0) is 15.4. The monoisotopic (exact) mass is 285 g/mol. The van der Waals surface area contributed by atoms with Gasteiger partial charge in [0.25, 0.3) is 5.91 Å². The van der Waals surface area contributed by atoms with Gasteiger partial charge in [-0.15, -0.1) is 0 Å². The van der Waals surface area contributed by atoms with E-state index in [9.17, 15) is 19.2 Å². The smallest absolute Gasteiger partial charge is 0.326 e. The molecule has 1 heterocycles. The predicted molar refractivity (Wildman–Crippen MR) is 68.8 cm³/mol. The summed E-state index contributed by atoms with van der Waals surface area (Å²) in [4.78, 5) is 48.1. The zero-order valence-electron chi connectivity index (χ0n) is 11.8. The van der Waals surface area contributed by atoms with E-state index < -0.39 is 30.0 Å². The summed E-state index contributed by atoms with van der Waals surface area (Å²) >= 11 is 0. The van der Waals surface area contributed by atoms with Crippen molar-refractivity contribution in [1.29, 1.82) is 0 Å². The van der Waals surface area contributed by atoms with Gasteiger partial charge in [0.05, 0.1) is 0 Å². The van der Waals surface area contributed by atoms with Crippen LogP contribution >= 0.6 is 0 Å². The molecule has 2 N–H and O–H groups in total. The fourth-order valence-corrected chi connectivity index (χ4v) is 2.06. The first kappa shape index (κ1) is 15.9. The molecule has 0 spiro atoms. The van der Waals surface area contributed by atoms with Crippen LogP contribution in [0.5, 0.6) is 0 Å². The number of likely N-dealkylation sites (N-methyl/N-ethyl adjacent to an activating group) is 2. The van der Waals surface area contributed by atoms with Crippen molar-refractivity contribution >= 4 is 23.8 Å². The minimum Gasteiger partial charge on any atom is -0.480 e. The first-order valence-corrected chi connectivity index (χ1v) is 6.36. The summed E-state index contributed by atoms with van der Waals surface area (Å²) in [6.45, 7) is 1.65. The molecule has 0 aromatic rings. The van der Waals surface area contributed by atoms with Crippen LogP contribution in [0.1, 0.15) is 26.2 Å². The van der Waals surface area contributed by atoms with Gasteiger partial charge in [0.15, 0.2) is 0 Å². The second kappa shape index (κ2) is 6.36. The molecule has 1 saturated heterocycles. The Balaban J connectivity index is 2.68. The number of carboxylic acid groups (broad SMARTS) is 1. The maximum Gasteiger partial charge on any atom is 0.326 e. The molecule has 0 aromatic heterocycles. The maximum absolute atomic E-state index is 11.9. The van der Waals surface area contributed by atoms with Crippen LogP contribution in [0.2, 0.25) is 0 Å². The molecule has 0 bridgehead atoms. The number of hydrogen-bond acceptors (Lipinski definition) is 4. The van der Waals surface area contributed by atoms with E-state index in [2.05, 4.69) is 5.32 Å². The van der Waals surface area contributed by atoms with Gasteiger partial charge >= 0.3 is 12.0 Å². The number of hydrogen-bond donors (Lipinski definition) is 2. The van der Waals surface area contributed by atoms with Gasteiger partial charge in [0, 0.05) is 20.5 Å². The van der Waals surface area contributed by atoms with Crippen LogP contribution < -0.4 is 5.32 Å². The number of aliphatic carboxylic acids is 1. The highest BCUT2D eigenvalue weighted by Gasteiger charge is 2.34. The van der Waals surface area contributed by atoms with E-state index in [1.165, 1.54) is 14.1 Å². The van der Waals surface area contributed by atoms with E-state index >= 15 is 0 Å². The van der Waals surface area contributed by atoms with E-state index in [4.69, 9.17) is 5.11 Å². The number of nitrogens with one attached hydrogen (secondary N) is 1. The first-order valence-electron chi connectivity index (χ1n) is 6.36. The summed E-state index contributed by atoms with van der Waals surface area (Å²) in [7, 11) is 2.72. The molecule has 20 heavy (non-hydrogen) atoms. The van der Waals surface area contributed by atoms with Crippen molar-refractivity contribution in [1.82, 2.24) is 15.1 Å². The Hall–Kier alpha value is -2.12. The molecule has 8 nitrogen and oxygen atoms in total. The maximum atomic E-state index is 11.9. The SMILES string of the molecule is CCC(C(=O)O)N(C)C(=O)NC1CCC(=O)N(C)C1=O. The van der Waals surface area contributed by atoms with E-state index in [0.29, 0.717) is 0 Å². The summed E-state index contributed by atoms with van der Waals surface area (Å²) in [5, 5.41) is 11.5. The minimum absolute atomic E-state index is 0.174. The summed E-state index contributed by atoms with van der Waals surface area (Å²) < 4.78 is 0. The lowest BCUT2D eigenvalue weighted by molar-refractivity contribution is -0.147. The third-order valence-corrected chi connectivity index (χ3v) is 3.41. The molecule has 2 unspecified atom stereocenters. The van der Waals surface area contributed by atoms with Crippen LogP contribution in [0, 0.1) is 0 Å². The van der Waals surface area contributed by atoms with E-state index in [-0.39, 0.29) is 25.2 Å². The highest BCUT2D eigenvalue weighted by molar-refractivity contribution is 6.01. The summed E-state index contributed by atoms with van der Waals surface area (Å²) in [5.41, 5.74) is 0. The van der Waals surface area contributed by atoms with E-state index in [0.717, 1.165) is 9.80 Å². The number of likely N-dealkylation sites (tertiary alicyclic amines) is 1. The van der Waals surface area contributed by atoms with Crippen molar-refractivity contribution in [2.24, 2.45) is 0 Å². The Kier molecular flexibility index (Phi) is 5.06. The standard InChI is InChI=1S/C12H19N3O5/c1-4-8(11(18)19)14(2)12(20)13-7-5-6-9(16)15(3)10(7)17/h7-8H,4-6H2,1-3H3,(H,13,20)(H,18,19). The molecule has 1 fully saturated rings. The fourth-order valence-electron chi connectivity index (χ4n) is 2.06. The van der Waals surface area contributed by atoms with E-state index in [1.54, 1.807) is 6.92 Å². The Labute approximate surface area is 116 Å². The minimum atomic E-state index is -1.10. The molecular weight excluding hydrogens is 266 g/mol. The number of rotatable bonds is 4.